The fourth-order valence-electron chi connectivity index (χ4n) is 1.39. The van der Waals surface area contributed by atoms with Crippen LogP contribution in [0.3, 0.4) is 0 Å². The third kappa shape index (κ3) is 8.42. The molecule has 2 aromatic rings. The SMILES string of the molecule is FC(F)(F)c1ccc(Br)cc1.O=S([O-])c1ccc(C(F)(F)F)cc1.[Li+]. The van der Waals surface area contributed by atoms with Crippen LogP contribution in [0.1, 0.15) is 11.1 Å². The van der Waals surface area contributed by atoms with E-state index >= 15 is 0 Å². The maximum absolute atomic E-state index is 12.0. The molecule has 132 valence electrons. The molecule has 0 radical (unpaired) electrons. The molecule has 1 atom stereocenters. The molecule has 0 N–H and O–H groups in total. The molecule has 2 rings (SSSR count). The Morgan fingerprint density at radius 1 is 0.760 bits per heavy atom. The Hall–Kier alpha value is -0.793. The van der Waals surface area contributed by atoms with Crippen LogP contribution >= 0.6 is 15.9 Å². The average molecular weight is 441 g/mol. The van der Waals surface area contributed by atoms with Crippen LogP contribution in [0.15, 0.2) is 57.9 Å². The molecular weight excluding hydrogens is 433 g/mol. The molecule has 2 nitrogen and oxygen atoms in total. The summed E-state index contributed by atoms with van der Waals surface area (Å²) in [4.78, 5) is -0.159. The molecule has 0 aliphatic carbocycles. The largest absolute Gasteiger partial charge is 1.00 e. The monoisotopic (exact) mass is 440 g/mol. The number of benzene rings is 2. The van der Waals surface area contributed by atoms with E-state index in [9.17, 15) is 35.1 Å². The number of hydrogen-bond acceptors (Lipinski definition) is 2. The topological polar surface area (TPSA) is 40.1 Å². The summed E-state index contributed by atoms with van der Waals surface area (Å²) in [5.74, 6) is 0. The van der Waals surface area contributed by atoms with Gasteiger partial charge in [-0.3, -0.25) is 4.21 Å². The van der Waals surface area contributed by atoms with Gasteiger partial charge in [0.25, 0.3) is 0 Å². The van der Waals surface area contributed by atoms with Gasteiger partial charge in [0.1, 0.15) is 0 Å². The summed E-state index contributed by atoms with van der Waals surface area (Å²) in [6, 6.07) is 8.06. The van der Waals surface area contributed by atoms with Gasteiger partial charge >= 0.3 is 31.2 Å². The first kappa shape index (κ1) is 24.2. The van der Waals surface area contributed by atoms with E-state index in [-0.39, 0.29) is 23.8 Å². The van der Waals surface area contributed by atoms with Crippen LogP contribution in [0.4, 0.5) is 26.3 Å². The van der Waals surface area contributed by atoms with Crippen molar-refractivity contribution in [1.82, 2.24) is 0 Å². The van der Waals surface area contributed by atoms with Crippen molar-refractivity contribution in [3.05, 3.63) is 64.1 Å². The summed E-state index contributed by atoms with van der Waals surface area (Å²) in [7, 11) is 0. The number of hydrogen-bond donors (Lipinski definition) is 0. The third-order valence-electron chi connectivity index (χ3n) is 2.55. The fourth-order valence-corrected chi connectivity index (χ4v) is 2.02. The Morgan fingerprint density at radius 3 is 1.36 bits per heavy atom. The van der Waals surface area contributed by atoms with Crippen LogP contribution in [-0.2, 0) is 23.4 Å². The van der Waals surface area contributed by atoms with Gasteiger partial charge in [-0.05, 0) is 59.6 Å². The molecule has 0 amide bonds. The van der Waals surface area contributed by atoms with Crippen LogP contribution < -0.4 is 18.9 Å². The molecule has 0 saturated heterocycles. The minimum Gasteiger partial charge on any atom is -0.768 e. The van der Waals surface area contributed by atoms with Crippen LogP contribution in [0, 0.1) is 0 Å². The molecule has 0 heterocycles. The van der Waals surface area contributed by atoms with Crippen LogP contribution in [0.25, 0.3) is 0 Å². The molecule has 0 aliphatic rings. The van der Waals surface area contributed by atoms with Gasteiger partial charge < -0.3 is 4.55 Å². The van der Waals surface area contributed by atoms with Crippen molar-refractivity contribution >= 4 is 27.0 Å². The van der Waals surface area contributed by atoms with Crippen molar-refractivity contribution in [3.63, 3.8) is 0 Å². The Kier molecular flexibility index (Phi) is 9.47. The maximum Gasteiger partial charge on any atom is 1.00 e. The van der Waals surface area contributed by atoms with Crippen molar-refractivity contribution in [2.24, 2.45) is 0 Å². The van der Waals surface area contributed by atoms with E-state index in [4.69, 9.17) is 0 Å². The Bertz CT molecular complexity index is 686. The first-order valence-corrected chi connectivity index (χ1v) is 7.87. The predicted octanol–water partition coefficient (Wildman–Crippen LogP) is 2.42. The molecule has 1 unspecified atom stereocenters. The standard InChI is InChI=1S/C7H4BrF3.C7H5F3O2S.Li/c8-6-3-1-5(2-4-6)7(9,10)11;8-7(9,10)5-1-3-6(4-2-5)13(11)12;/h1-4H;1-4H,(H,11,12);/q;;+1/p-1. The summed E-state index contributed by atoms with van der Waals surface area (Å²) in [5, 5.41) is 0. The summed E-state index contributed by atoms with van der Waals surface area (Å²) < 4.78 is 92.8. The maximum atomic E-state index is 12.0. The molecule has 2 aromatic carbocycles. The number of alkyl halides is 6. The van der Waals surface area contributed by atoms with E-state index < -0.39 is 34.6 Å². The molecule has 0 bridgehead atoms. The minimum absolute atomic E-state index is 0. The summed E-state index contributed by atoms with van der Waals surface area (Å²) in [6.07, 6.45) is -8.66. The first-order chi connectivity index (χ1) is 10.9. The second-order valence-corrected chi connectivity index (χ2v) is 6.12. The smallest absolute Gasteiger partial charge is 0.768 e. The van der Waals surface area contributed by atoms with E-state index in [0.29, 0.717) is 4.47 Å². The normalized spacial score (nSPS) is 12.5. The third-order valence-corrected chi connectivity index (χ3v) is 3.73. The summed E-state index contributed by atoms with van der Waals surface area (Å²) in [6.45, 7) is 0. The molecule has 0 aliphatic heterocycles. The Balaban J connectivity index is 0.000000449. The Labute approximate surface area is 162 Å². The molecule has 25 heavy (non-hydrogen) atoms. The van der Waals surface area contributed by atoms with Gasteiger partial charge in [-0.2, -0.15) is 26.3 Å². The van der Waals surface area contributed by atoms with Crippen molar-refractivity contribution in [3.8, 4) is 0 Å². The average Bonchev–Trinajstić information content (AvgIpc) is 2.46. The van der Waals surface area contributed by atoms with E-state index in [1.807, 2.05) is 0 Å². The molecule has 0 spiro atoms. The van der Waals surface area contributed by atoms with E-state index in [1.54, 1.807) is 0 Å². The van der Waals surface area contributed by atoms with E-state index in [1.165, 1.54) is 12.1 Å². The zero-order valence-electron chi connectivity index (χ0n) is 12.5. The summed E-state index contributed by atoms with van der Waals surface area (Å²) in [5.41, 5.74) is -1.48. The van der Waals surface area contributed by atoms with Crippen molar-refractivity contribution < 1.29 is 54.0 Å². The second kappa shape index (κ2) is 9.78. The zero-order valence-corrected chi connectivity index (χ0v) is 14.9. The second-order valence-electron chi connectivity index (χ2n) is 4.26. The quantitative estimate of drug-likeness (QED) is 0.388. The van der Waals surface area contributed by atoms with Gasteiger partial charge in [0.15, 0.2) is 0 Å². The van der Waals surface area contributed by atoms with Gasteiger partial charge in [0.05, 0.1) is 11.1 Å². The fraction of sp³-hybridized carbons (Fsp3) is 0.143. The number of halogens is 7. The zero-order chi connectivity index (χ0) is 18.5. The molecule has 0 saturated carbocycles. The molecular formula is C14H8BrF6LiO2S. The van der Waals surface area contributed by atoms with Crippen LogP contribution in [0.2, 0.25) is 0 Å². The molecule has 11 heteroatoms. The van der Waals surface area contributed by atoms with Crippen molar-refractivity contribution in [2.75, 3.05) is 0 Å². The van der Waals surface area contributed by atoms with E-state index in [2.05, 4.69) is 15.9 Å². The van der Waals surface area contributed by atoms with E-state index in [0.717, 1.165) is 36.4 Å². The minimum atomic E-state index is -4.43. The number of rotatable bonds is 1. The Morgan fingerprint density at radius 2 is 1.08 bits per heavy atom. The van der Waals surface area contributed by atoms with Gasteiger partial charge in [0, 0.05) is 9.37 Å². The van der Waals surface area contributed by atoms with Crippen LogP contribution in [0.5, 0.6) is 0 Å². The predicted molar refractivity (Wildman–Crippen MR) is 77.8 cm³/mol. The van der Waals surface area contributed by atoms with Crippen molar-refractivity contribution in [2.45, 2.75) is 17.2 Å². The van der Waals surface area contributed by atoms with Gasteiger partial charge in [0.2, 0.25) is 0 Å². The molecule has 0 fully saturated rings. The van der Waals surface area contributed by atoms with Gasteiger partial charge in [-0.15, -0.1) is 0 Å². The van der Waals surface area contributed by atoms with Gasteiger partial charge in [-0.25, -0.2) is 0 Å². The molecule has 0 aromatic heterocycles. The summed E-state index contributed by atoms with van der Waals surface area (Å²) >= 11 is 0.563. The first-order valence-electron chi connectivity index (χ1n) is 6.00. The van der Waals surface area contributed by atoms with Crippen LogP contribution in [-0.4, -0.2) is 8.76 Å². The van der Waals surface area contributed by atoms with Gasteiger partial charge in [-0.1, -0.05) is 15.9 Å². The van der Waals surface area contributed by atoms with Crippen molar-refractivity contribution in [1.29, 1.82) is 0 Å².